The van der Waals surface area contributed by atoms with Crippen LogP contribution in [0.1, 0.15) is 65.7 Å². The second-order valence-electron chi connectivity index (χ2n) is 6.17. The molecule has 4 atom stereocenters. The molecule has 20 heavy (non-hydrogen) atoms. The molecule has 1 fully saturated rings. The highest BCUT2D eigenvalue weighted by molar-refractivity contribution is 9.09. The Morgan fingerprint density at radius 3 is 2.60 bits per heavy atom. The average Bonchev–Trinajstić information content (AvgIpc) is 2.43. The van der Waals surface area contributed by atoms with Crippen LogP contribution in [0.5, 0.6) is 0 Å². The number of piperidine rings is 1. The predicted octanol–water partition coefficient (Wildman–Crippen LogP) is 5.13. The van der Waals surface area contributed by atoms with Gasteiger partial charge in [0.2, 0.25) is 0 Å². The minimum Gasteiger partial charge on any atom is -0.465 e. The quantitative estimate of drug-likeness (QED) is 0.511. The molecule has 1 amide bonds. The van der Waals surface area contributed by atoms with E-state index in [-0.39, 0.29) is 6.04 Å². The molecule has 1 aliphatic rings. The highest BCUT2D eigenvalue weighted by Gasteiger charge is 2.36. The first-order valence-corrected chi connectivity index (χ1v) is 9.06. The van der Waals surface area contributed by atoms with Crippen molar-refractivity contribution < 1.29 is 9.90 Å². The smallest absolute Gasteiger partial charge is 0.407 e. The van der Waals surface area contributed by atoms with Crippen LogP contribution in [0.3, 0.4) is 0 Å². The van der Waals surface area contributed by atoms with Crippen molar-refractivity contribution in [3.63, 3.8) is 0 Å². The van der Waals surface area contributed by atoms with Crippen molar-refractivity contribution in [2.24, 2.45) is 11.8 Å². The molecule has 1 heterocycles. The number of hydrogen-bond acceptors (Lipinski definition) is 1. The normalized spacial score (nSPS) is 26.3. The van der Waals surface area contributed by atoms with Gasteiger partial charge in [0.25, 0.3) is 0 Å². The Morgan fingerprint density at radius 1 is 1.40 bits per heavy atom. The Balaban J connectivity index is 2.72. The maximum absolute atomic E-state index is 11.5. The summed E-state index contributed by atoms with van der Waals surface area (Å²) in [5, 5.41) is 9.46. The van der Waals surface area contributed by atoms with Crippen molar-refractivity contribution in [1.82, 2.24) is 4.90 Å². The van der Waals surface area contributed by atoms with Crippen LogP contribution < -0.4 is 0 Å². The first-order valence-electron chi connectivity index (χ1n) is 8.14. The fourth-order valence-corrected chi connectivity index (χ4v) is 3.93. The molecule has 0 aromatic heterocycles. The van der Waals surface area contributed by atoms with Gasteiger partial charge in [-0.2, -0.15) is 0 Å². The van der Waals surface area contributed by atoms with Gasteiger partial charge in [0.05, 0.1) is 0 Å². The van der Waals surface area contributed by atoms with E-state index in [1.807, 2.05) is 0 Å². The minimum absolute atomic E-state index is 0.216. The van der Waals surface area contributed by atoms with Gasteiger partial charge in [-0.05, 0) is 31.1 Å². The number of nitrogens with zero attached hydrogens (tertiary/aromatic N) is 1. The highest BCUT2D eigenvalue weighted by Crippen LogP contribution is 2.35. The molecule has 0 radical (unpaired) electrons. The van der Waals surface area contributed by atoms with Gasteiger partial charge in [0, 0.05) is 17.4 Å². The Hall–Kier alpha value is -0.250. The number of carboxylic acid groups (broad SMARTS) is 1. The second kappa shape index (κ2) is 8.91. The summed E-state index contributed by atoms with van der Waals surface area (Å²) >= 11 is 3.69. The standard InChI is InChI=1S/C16H30BrNO2/c1-4-6-7-8-13(5-2)15-11-14(12(3)17)9-10-18(15)16(19)20/h12-15H,4-11H2,1-3H3,(H,19,20). The van der Waals surface area contributed by atoms with E-state index in [1.165, 1.54) is 25.7 Å². The van der Waals surface area contributed by atoms with Gasteiger partial charge in [-0.15, -0.1) is 0 Å². The molecule has 1 saturated heterocycles. The highest BCUT2D eigenvalue weighted by atomic mass is 79.9. The number of unbranched alkanes of at least 4 members (excludes halogenated alkanes) is 2. The fourth-order valence-electron chi connectivity index (χ4n) is 3.45. The lowest BCUT2D eigenvalue weighted by Gasteiger charge is -2.42. The molecule has 1 rings (SSSR count). The Morgan fingerprint density at radius 2 is 2.10 bits per heavy atom. The molecule has 118 valence electrons. The Bertz CT molecular complexity index is 296. The van der Waals surface area contributed by atoms with Crippen LogP contribution in [0.2, 0.25) is 0 Å². The van der Waals surface area contributed by atoms with Crippen molar-refractivity contribution in [3.05, 3.63) is 0 Å². The van der Waals surface area contributed by atoms with Crippen LogP contribution in [0, 0.1) is 11.8 Å². The van der Waals surface area contributed by atoms with Gasteiger partial charge in [-0.1, -0.05) is 62.4 Å². The third kappa shape index (κ3) is 4.94. The predicted molar refractivity (Wildman–Crippen MR) is 87.6 cm³/mol. The zero-order chi connectivity index (χ0) is 15.1. The number of carbonyl (C=O) groups is 1. The first-order chi connectivity index (χ1) is 9.51. The third-order valence-corrected chi connectivity index (χ3v) is 5.58. The van der Waals surface area contributed by atoms with Crippen LogP contribution in [0.4, 0.5) is 4.79 Å². The van der Waals surface area contributed by atoms with Crippen molar-refractivity contribution in [1.29, 1.82) is 0 Å². The first kappa shape index (κ1) is 17.8. The van der Waals surface area contributed by atoms with Gasteiger partial charge in [0.1, 0.15) is 0 Å². The summed E-state index contributed by atoms with van der Waals surface area (Å²) in [6.45, 7) is 7.31. The molecule has 0 aromatic carbocycles. The molecule has 3 nitrogen and oxygen atoms in total. The molecule has 4 heteroatoms. The van der Waals surface area contributed by atoms with Crippen LogP contribution in [0.25, 0.3) is 0 Å². The van der Waals surface area contributed by atoms with Gasteiger partial charge in [0.15, 0.2) is 0 Å². The van der Waals surface area contributed by atoms with Gasteiger partial charge in [-0.25, -0.2) is 4.79 Å². The van der Waals surface area contributed by atoms with E-state index in [4.69, 9.17) is 0 Å². The molecule has 0 aliphatic carbocycles. The van der Waals surface area contributed by atoms with E-state index in [1.54, 1.807) is 4.90 Å². The number of likely N-dealkylation sites (tertiary alicyclic amines) is 1. The summed E-state index contributed by atoms with van der Waals surface area (Å²) in [7, 11) is 0. The van der Waals surface area contributed by atoms with Gasteiger partial charge in [-0.3, -0.25) is 0 Å². The topological polar surface area (TPSA) is 40.5 Å². The monoisotopic (exact) mass is 347 g/mol. The van der Waals surface area contributed by atoms with Crippen molar-refractivity contribution in [3.8, 4) is 0 Å². The lowest BCUT2D eigenvalue weighted by molar-refractivity contribution is 0.0601. The average molecular weight is 348 g/mol. The molecule has 1 N–H and O–H groups in total. The molecule has 0 aromatic rings. The number of rotatable bonds is 7. The number of halogens is 1. The van der Waals surface area contributed by atoms with Crippen molar-refractivity contribution in [2.75, 3.05) is 6.54 Å². The minimum atomic E-state index is -0.732. The van der Waals surface area contributed by atoms with Gasteiger partial charge < -0.3 is 10.0 Å². The Kier molecular flexibility index (Phi) is 7.93. The largest absolute Gasteiger partial charge is 0.465 e. The number of alkyl halides is 1. The zero-order valence-corrected chi connectivity index (χ0v) is 14.7. The summed E-state index contributed by atoms with van der Waals surface area (Å²) < 4.78 is 0. The summed E-state index contributed by atoms with van der Waals surface area (Å²) in [4.78, 5) is 13.7. The maximum atomic E-state index is 11.5. The van der Waals surface area contributed by atoms with E-state index in [0.29, 0.717) is 23.2 Å². The maximum Gasteiger partial charge on any atom is 0.407 e. The molecule has 1 aliphatic heterocycles. The third-order valence-electron chi connectivity index (χ3n) is 4.83. The van der Waals surface area contributed by atoms with Crippen LogP contribution >= 0.6 is 15.9 Å². The lowest BCUT2D eigenvalue weighted by Crippen LogP contribution is -2.50. The molecule has 4 unspecified atom stereocenters. The van der Waals surface area contributed by atoms with Crippen molar-refractivity contribution in [2.45, 2.75) is 76.6 Å². The molecule has 0 spiro atoms. The van der Waals surface area contributed by atoms with E-state index in [0.717, 1.165) is 19.3 Å². The van der Waals surface area contributed by atoms with Gasteiger partial charge >= 0.3 is 6.09 Å². The fraction of sp³-hybridized carbons (Fsp3) is 0.938. The summed E-state index contributed by atoms with van der Waals surface area (Å²) in [5.74, 6) is 1.13. The van der Waals surface area contributed by atoms with E-state index < -0.39 is 6.09 Å². The van der Waals surface area contributed by atoms with Crippen LogP contribution in [-0.4, -0.2) is 33.5 Å². The lowest BCUT2D eigenvalue weighted by atomic mass is 9.80. The number of amides is 1. The Labute approximate surface area is 132 Å². The van der Waals surface area contributed by atoms with Crippen LogP contribution in [0.15, 0.2) is 0 Å². The molecular formula is C16H30BrNO2. The summed E-state index contributed by atoms with van der Waals surface area (Å²) in [5.41, 5.74) is 0. The van der Waals surface area contributed by atoms with Crippen LogP contribution in [-0.2, 0) is 0 Å². The zero-order valence-electron chi connectivity index (χ0n) is 13.1. The summed E-state index contributed by atoms with van der Waals surface area (Å²) in [6.07, 6.45) is 7.24. The molecular weight excluding hydrogens is 318 g/mol. The van der Waals surface area contributed by atoms with E-state index in [9.17, 15) is 9.90 Å². The second-order valence-corrected chi connectivity index (χ2v) is 7.61. The van der Waals surface area contributed by atoms with Crippen molar-refractivity contribution >= 4 is 22.0 Å². The SMILES string of the molecule is CCCCCC(CC)C1CC(C(C)Br)CCN1C(=O)O. The summed E-state index contributed by atoms with van der Waals surface area (Å²) in [6, 6.07) is 0.216. The molecule has 0 bridgehead atoms. The van der Waals surface area contributed by atoms with E-state index >= 15 is 0 Å². The molecule has 0 saturated carbocycles. The number of hydrogen-bond donors (Lipinski definition) is 1. The van der Waals surface area contributed by atoms with E-state index in [2.05, 4.69) is 36.7 Å².